The van der Waals surface area contributed by atoms with Gasteiger partial charge in [0.1, 0.15) is 17.7 Å². The van der Waals surface area contributed by atoms with Crippen molar-refractivity contribution in [1.82, 2.24) is 35.9 Å². The molecule has 4 rings (SSSR count). The second-order valence-corrected chi connectivity index (χ2v) is 7.92. The highest BCUT2D eigenvalue weighted by Crippen LogP contribution is 2.30. The van der Waals surface area contributed by atoms with Gasteiger partial charge in [-0.15, -0.1) is 5.10 Å². The minimum absolute atomic E-state index is 0.203. The smallest absolute Gasteiger partial charge is 0.409 e. The summed E-state index contributed by atoms with van der Waals surface area (Å²) in [7, 11) is 1.22. The van der Waals surface area contributed by atoms with Crippen molar-refractivity contribution in [2.75, 3.05) is 25.3 Å². The van der Waals surface area contributed by atoms with Gasteiger partial charge in [-0.05, 0) is 33.5 Å². The zero-order valence-corrected chi connectivity index (χ0v) is 20.4. The van der Waals surface area contributed by atoms with Crippen LogP contribution in [0, 0.1) is 0 Å². The van der Waals surface area contributed by atoms with Crippen molar-refractivity contribution in [3.05, 3.63) is 72.2 Å². The summed E-state index contributed by atoms with van der Waals surface area (Å²) in [6.07, 6.45) is 2.93. The van der Waals surface area contributed by atoms with Gasteiger partial charge >= 0.3 is 12.1 Å². The van der Waals surface area contributed by atoms with E-state index in [0.29, 0.717) is 24.7 Å². The molecule has 0 aliphatic rings. The normalized spacial score (nSPS) is 10.5. The van der Waals surface area contributed by atoms with Crippen LogP contribution in [0.1, 0.15) is 29.3 Å². The number of benzene rings is 2. The molecule has 2 aromatic carbocycles. The number of rotatable bonds is 10. The van der Waals surface area contributed by atoms with Gasteiger partial charge in [0.25, 0.3) is 0 Å². The summed E-state index contributed by atoms with van der Waals surface area (Å²) in [6, 6.07) is 16.0. The van der Waals surface area contributed by atoms with E-state index in [1.807, 2.05) is 60.4 Å². The van der Waals surface area contributed by atoms with Gasteiger partial charge in [0.15, 0.2) is 12.6 Å². The third-order valence-corrected chi connectivity index (χ3v) is 5.48. The largest absolute Gasteiger partial charge is 0.453 e. The molecule has 12 nitrogen and oxygen atoms in total. The van der Waals surface area contributed by atoms with Crippen molar-refractivity contribution in [3.8, 4) is 22.5 Å². The number of methoxy groups -OCH3 is 1. The number of nitrogens with one attached hydrogen (secondary N) is 2. The third kappa shape index (κ3) is 6.23. The Hall–Kier alpha value is -4.87. The Morgan fingerprint density at radius 1 is 1.08 bits per heavy atom. The molecule has 0 unspecified atom stereocenters. The van der Waals surface area contributed by atoms with Crippen LogP contribution >= 0.6 is 0 Å². The summed E-state index contributed by atoms with van der Waals surface area (Å²) in [5.41, 5.74) is 4.15. The highest BCUT2D eigenvalue weighted by molar-refractivity contribution is 5.94. The number of nitrogens with zero attached hydrogens (tertiary/aromatic N) is 6. The SMILES string of the molecule is CCCN(Cc1ccc(-c2ccccc2-c2nnn[nH]2)cc1)c1ncncc1C(=O)OCNC(=O)OC. The van der Waals surface area contributed by atoms with Crippen LogP contribution in [0.2, 0.25) is 0 Å². The Kier molecular flexibility index (Phi) is 8.32. The second kappa shape index (κ2) is 12.2. The molecule has 0 bridgehead atoms. The van der Waals surface area contributed by atoms with E-state index in [0.717, 1.165) is 28.7 Å². The van der Waals surface area contributed by atoms with Crippen LogP contribution in [0.4, 0.5) is 10.6 Å². The van der Waals surface area contributed by atoms with E-state index in [9.17, 15) is 9.59 Å². The van der Waals surface area contributed by atoms with Crippen LogP contribution in [0.15, 0.2) is 61.1 Å². The molecule has 0 spiro atoms. The first-order chi connectivity index (χ1) is 18.1. The maximum absolute atomic E-state index is 12.7. The van der Waals surface area contributed by atoms with Gasteiger partial charge < -0.3 is 14.4 Å². The number of aromatic amines is 1. The van der Waals surface area contributed by atoms with Gasteiger partial charge in [-0.2, -0.15) is 0 Å². The molecule has 2 aromatic heterocycles. The van der Waals surface area contributed by atoms with Crippen molar-refractivity contribution in [2.24, 2.45) is 0 Å². The summed E-state index contributed by atoms with van der Waals surface area (Å²) >= 11 is 0. The zero-order chi connectivity index (χ0) is 26.0. The van der Waals surface area contributed by atoms with E-state index >= 15 is 0 Å². The standard InChI is InChI=1S/C25H26N8O4/c1-3-12-33(23-21(13-26-15-27-23)24(34)37-16-28-25(35)36-2)14-17-8-10-18(11-9-17)19-6-4-5-7-20(19)22-29-31-32-30-22/h4-11,13,15H,3,12,14,16H2,1-2H3,(H,28,35)(H,29,30,31,32). The Labute approximate surface area is 213 Å². The van der Waals surface area contributed by atoms with Crippen LogP contribution in [0.5, 0.6) is 0 Å². The average molecular weight is 503 g/mol. The van der Waals surface area contributed by atoms with E-state index < -0.39 is 12.1 Å². The molecule has 0 atom stereocenters. The maximum atomic E-state index is 12.7. The minimum Gasteiger partial charge on any atom is -0.453 e. The number of tetrazole rings is 1. The first-order valence-corrected chi connectivity index (χ1v) is 11.6. The molecule has 0 radical (unpaired) electrons. The van der Waals surface area contributed by atoms with E-state index in [2.05, 4.69) is 40.6 Å². The van der Waals surface area contributed by atoms with E-state index in [4.69, 9.17) is 4.74 Å². The monoisotopic (exact) mass is 502 g/mol. The summed E-state index contributed by atoms with van der Waals surface area (Å²) < 4.78 is 9.63. The van der Waals surface area contributed by atoms with E-state index in [1.165, 1.54) is 19.6 Å². The van der Waals surface area contributed by atoms with Crippen molar-refractivity contribution < 1.29 is 19.1 Å². The van der Waals surface area contributed by atoms with Crippen molar-refractivity contribution in [3.63, 3.8) is 0 Å². The quantitative estimate of drug-likeness (QED) is 0.245. The predicted molar refractivity (Wildman–Crippen MR) is 134 cm³/mol. The lowest BCUT2D eigenvalue weighted by molar-refractivity contribution is 0.0470. The molecular weight excluding hydrogens is 476 g/mol. The van der Waals surface area contributed by atoms with Crippen LogP contribution in [0.3, 0.4) is 0 Å². The number of esters is 1. The van der Waals surface area contributed by atoms with Gasteiger partial charge in [-0.1, -0.05) is 55.5 Å². The molecule has 0 aliphatic heterocycles. The van der Waals surface area contributed by atoms with E-state index in [-0.39, 0.29) is 12.3 Å². The van der Waals surface area contributed by atoms with Crippen LogP contribution < -0.4 is 10.2 Å². The summed E-state index contributed by atoms with van der Waals surface area (Å²) in [4.78, 5) is 34.2. The Morgan fingerprint density at radius 3 is 2.57 bits per heavy atom. The topological polar surface area (TPSA) is 148 Å². The molecule has 37 heavy (non-hydrogen) atoms. The van der Waals surface area contributed by atoms with Crippen LogP contribution in [-0.2, 0) is 16.0 Å². The number of aromatic nitrogens is 6. The van der Waals surface area contributed by atoms with Crippen molar-refractivity contribution in [1.29, 1.82) is 0 Å². The fourth-order valence-corrected chi connectivity index (χ4v) is 3.78. The molecule has 0 aliphatic carbocycles. The molecule has 1 amide bonds. The fourth-order valence-electron chi connectivity index (χ4n) is 3.78. The van der Waals surface area contributed by atoms with Gasteiger partial charge in [0.2, 0.25) is 0 Å². The molecular formula is C25H26N8O4. The third-order valence-electron chi connectivity index (χ3n) is 5.48. The molecule has 12 heteroatoms. The molecule has 4 aromatic rings. The lowest BCUT2D eigenvalue weighted by atomic mass is 9.98. The average Bonchev–Trinajstić information content (AvgIpc) is 3.48. The number of carbonyl (C=O) groups is 2. The van der Waals surface area contributed by atoms with Crippen LogP contribution in [0.25, 0.3) is 22.5 Å². The maximum Gasteiger partial charge on any atom is 0.409 e. The number of hydrogen-bond acceptors (Lipinski definition) is 10. The molecule has 2 N–H and O–H groups in total. The molecule has 2 heterocycles. The number of anilines is 1. The number of alkyl carbamates (subject to hydrolysis) is 1. The Bertz CT molecular complexity index is 1330. The summed E-state index contributed by atoms with van der Waals surface area (Å²) in [5.74, 6) is 0.396. The molecule has 190 valence electrons. The second-order valence-electron chi connectivity index (χ2n) is 7.92. The van der Waals surface area contributed by atoms with Crippen LogP contribution in [-0.4, -0.2) is 63.0 Å². The highest BCUT2D eigenvalue weighted by Gasteiger charge is 2.20. The van der Waals surface area contributed by atoms with Crippen molar-refractivity contribution >= 4 is 17.9 Å². The number of carbonyl (C=O) groups excluding carboxylic acids is 2. The Balaban J connectivity index is 1.53. The molecule has 0 fully saturated rings. The minimum atomic E-state index is -0.700. The first kappa shape index (κ1) is 25.2. The van der Waals surface area contributed by atoms with E-state index in [1.54, 1.807) is 0 Å². The summed E-state index contributed by atoms with van der Waals surface area (Å²) in [5, 5.41) is 16.5. The molecule has 0 saturated carbocycles. The van der Waals surface area contributed by atoms with Gasteiger partial charge in [-0.3, -0.25) is 5.32 Å². The lowest BCUT2D eigenvalue weighted by Crippen LogP contribution is -2.29. The van der Waals surface area contributed by atoms with Gasteiger partial charge in [-0.25, -0.2) is 24.7 Å². The zero-order valence-electron chi connectivity index (χ0n) is 20.4. The Morgan fingerprint density at radius 2 is 1.86 bits per heavy atom. The number of amides is 1. The molecule has 0 saturated heterocycles. The summed E-state index contributed by atoms with van der Waals surface area (Å²) in [6.45, 7) is 2.88. The van der Waals surface area contributed by atoms with Gasteiger partial charge in [0, 0.05) is 24.8 Å². The van der Waals surface area contributed by atoms with Gasteiger partial charge in [0.05, 0.1) is 7.11 Å². The highest BCUT2D eigenvalue weighted by atomic mass is 16.6. The number of ether oxygens (including phenoxy) is 2. The number of H-pyrrole nitrogens is 1. The first-order valence-electron chi connectivity index (χ1n) is 11.6. The fraction of sp³-hybridized carbons (Fsp3) is 0.240. The number of hydrogen-bond donors (Lipinski definition) is 2. The predicted octanol–water partition coefficient (Wildman–Crippen LogP) is 3.21. The lowest BCUT2D eigenvalue weighted by Gasteiger charge is -2.25. The van der Waals surface area contributed by atoms with Crippen molar-refractivity contribution in [2.45, 2.75) is 19.9 Å².